The van der Waals surface area contributed by atoms with E-state index in [9.17, 15) is 4.79 Å². The van der Waals surface area contributed by atoms with Gasteiger partial charge in [-0.05, 0) is 42.5 Å². The van der Waals surface area contributed by atoms with Gasteiger partial charge in [0.2, 0.25) is 0 Å². The van der Waals surface area contributed by atoms with Gasteiger partial charge in [0.05, 0.1) is 23.5 Å². The molecule has 0 bridgehead atoms. The molecule has 0 spiro atoms. The Hall–Kier alpha value is -2.50. The van der Waals surface area contributed by atoms with E-state index < -0.39 is 0 Å². The summed E-state index contributed by atoms with van der Waals surface area (Å²) in [7, 11) is 0. The number of hydrogen-bond donors (Lipinski definition) is 2. The zero-order valence-electron chi connectivity index (χ0n) is 12.4. The number of pyridine rings is 1. The number of nitrogens with zero attached hydrogens (tertiary/aromatic N) is 1. The highest BCUT2D eigenvalue weighted by Crippen LogP contribution is 2.27. The Kier molecular flexibility index (Phi) is 5.03. The van der Waals surface area contributed by atoms with Crippen molar-refractivity contribution in [3.63, 3.8) is 0 Å². The highest BCUT2D eigenvalue weighted by molar-refractivity contribution is 6.35. The Bertz CT molecular complexity index is 851. The smallest absolute Gasteiger partial charge is 0.251 e. The molecule has 24 heavy (non-hydrogen) atoms. The first-order valence-electron chi connectivity index (χ1n) is 7.10. The molecule has 0 aliphatic rings. The Balaban J connectivity index is 1.71. The van der Waals surface area contributed by atoms with E-state index in [0.717, 1.165) is 0 Å². The van der Waals surface area contributed by atoms with Gasteiger partial charge in [-0.15, -0.1) is 0 Å². The van der Waals surface area contributed by atoms with E-state index in [1.54, 1.807) is 54.9 Å². The van der Waals surface area contributed by atoms with Crippen LogP contribution in [0.3, 0.4) is 0 Å². The molecule has 5 nitrogen and oxygen atoms in total. The summed E-state index contributed by atoms with van der Waals surface area (Å²) in [5.74, 6) is 0.945. The molecule has 3 aromatic rings. The predicted octanol–water partition coefficient (Wildman–Crippen LogP) is 4.66. The van der Waals surface area contributed by atoms with Crippen LogP contribution in [0.5, 0.6) is 0 Å². The van der Waals surface area contributed by atoms with Gasteiger partial charge in [0, 0.05) is 16.8 Å². The van der Waals surface area contributed by atoms with Gasteiger partial charge < -0.3 is 15.1 Å². The van der Waals surface area contributed by atoms with Crippen molar-refractivity contribution in [3.8, 4) is 0 Å². The lowest BCUT2D eigenvalue weighted by Gasteiger charge is -2.09. The molecule has 7 heteroatoms. The second-order valence-corrected chi connectivity index (χ2v) is 5.78. The third-order valence-corrected chi connectivity index (χ3v) is 3.78. The number of carbonyl (C=O) groups excluding carboxylic acids is 1. The van der Waals surface area contributed by atoms with E-state index in [-0.39, 0.29) is 5.91 Å². The van der Waals surface area contributed by atoms with Crippen molar-refractivity contribution < 1.29 is 9.21 Å². The van der Waals surface area contributed by atoms with E-state index >= 15 is 0 Å². The number of aromatic nitrogens is 1. The van der Waals surface area contributed by atoms with Crippen LogP contribution in [0, 0.1) is 0 Å². The number of hydrogen-bond acceptors (Lipinski definition) is 4. The predicted molar refractivity (Wildman–Crippen MR) is 93.9 cm³/mol. The Morgan fingerprint density at radius 2 is 2.04 bits per heavy atom. The van der Waals surface area contributed by atoms with Crippen molar-refractivity contribution in [2.45, 2.75) is 6.54 Å². The maximum Gasteiger partial charge on any atom is 0.251 e. The first kappa shape index (κ1) is 16.4. The zero-order chi connectivity index (χ0) is 16.9. The summed E-state index contributed by atoms with van der Waals surface area (Å²) < 4.78 is 5.18. The zero-order valence-corrected chi connectivity index (χ0v) is 13.9. The third-order valence-electron chi connectivity index (χ3n) is 3.22. The Morgan fingerprint density at radius 3 is 2.83 bits per heavy atom. The second-order valence-electron chi connectivity index (χ2n) is 4.94. The quantitative estimate of drug-likeness (QED) is 0.693. The summed E-state index contributed by atoms with van der Waals surface area (Å²) in [5.41, 5.74) is 1.09. The number of furan rings is 1. The van der Waals surface area contributed by atoms with Crippen LogP contribution in [0.2, 0.25) is 10.0 Å². The van der Waals surface area contributed by atoms with Gasteiger partial charge in [-0.2, -0.15) is 0 Å². The highest BCUT2D eigenvalue weighted by atomic mass is 35.5. The third kappa shape index (κ3) is 4.07. The number of nitrogens with one attached hydrogen (secondary N) is 2. The molecule has 0 aliphatic carbocycles. The number of rotatable bonds is 5. The van der Waals surface area contributed by atoms with Crippen LogP contribution in [-0.4, -0.2) is 10.9 Å². The number of carbonyl (C=O) groups is 1. The van der Waals surface area contributed by atoms with Crippen LogP contribution in [0.4, 0.5) is 11.5 Å². The van der Waals surface area contributed by atoms with E-state index in [2.05, 4.69) is 15.6 Å². The second kappa shape index (κ2) is 7.38. The van der Waals surface area contributed by atoms with Gasteiger partial charge in [0.1, 0.15) is 11.6 Å². The summed E-state index contributed by atoms with van der Waals surface area (Å²) in [6.45, 7) is 0.317. The molecular weight excluding hydrogens is 349 g/mol. The summed E-state index contributed by atoms with van der Waals surface area (Å²) >= 11 is 12.1. The van der Waals surface area contributed by atoms with Gasteiger partial charge >= 0.3 is 0 Å². The van der Waals surface area contributed by atoms with Crippen LogP contribution in [0.1, 0.15) is 16.1 Å². The lowest BCUT2D eigenvalue weighted by Crippen LogP contribution is -2.22. The molecular formula is C17H13Cl2N3O2. The topological polar surface area (TPSA) is 67.2 Å². The fourth-order valence-corrected chi connectivity index (χ4v) is 2.39. The largest absolute Gasteiger partial charge is 0.467 e. The number of halogens is 2. The lowest BCUT2D eigenvalue weighted by atomic mass is 10.2. The Labute approximate surface area is 148 Å². The van der Waals surface area contributed by atoms with Crippen molar-refractivity contribution in [2.75, 3.05) is 5.32 Å². The van der Waals surface area contributed by atoms with Crippen molar-refractivity contribution in [1.29, 1.82) is 0 Å². The lowest BCUT2D eigenvalue weighted by molar-refractivity contribution is 0.0948. The molecule has 122 valence electrons. The molecule has 1 amide bonds. The fraction of sp³-hybridized carbons (Fsp3) is 0.0588. The maximum atomic E-state index is 12.2. The summed E-state index contributed by atoms with van der Waals surface area (Å²) in [6, 6.07) is 11.9. The first-order valence-corrected chi connectivity index (χ1v) is 7.86. The molecule has 2 aromatic heterocycles. The molecule has 0 unspecified atom stereocenters. The van der Waals surface area contributed by atoms with Gasteiger partial charge in [-0.1, -0.05) is 23.2 Å². The number of amides is 1. The van der Waals surface area contributed by atoms with E-state index in [1.807, 2.05) is 0 Å². The fourth-order valence-electron chi connectivity index (χ4n) is 2.05. The minimum atomic E-state index is -0.228. The Morgan fingerprint density at radius 1 is 1.17 bits per heavy atom. The van der Waals surface area contributed by atoms with Gasteiger partial charge in [-0.25, -0.2) is 4.98 Å². The molecule has 3 rings (SSSR count). The molecule has 0 aliphatic heterocycles. The molecule has 1 aromatic carbocycles. The van der Waals surface area contributed by atoms with Gasteiger partial charge in [0.15, 0.2) is 0 Å². The summed E-state index contributed by atoms with van der Waals surface area (Å²) in [4.78, 5) is 16.4. The first-order chi connectivity index (χ1) is 11.6. The van der Waals surface area contributed by atoms with Crippen molar-refractivity contribution in [3.05, 3.63) is 76.3 Å². The van der Waals surface area contributed by atoms with Crippen LogP contribution >= 0.6 is 23.2 Å². The van der Waals surface area contributed by atoms with Crippen LogP contribution in [0.25, 0.3) is 0 Å². The number of anilines is 2. The van der Waals surface area contributed by atoms with Crippen LogP contribution < -0.4 is 10.6 Å². The normalized spacial score (nSPS) is 10.4. The molecule has 0 saturated carbocycles. The van der Waals surface area contributed by atoms with E-state index in [1.165, 1.54) is 0 Å². The molecule has 0 fully saturated rings. The molecule has 0 radical (unpaired) electrons. The number of benzene rings is 1. The molecule has 0 atom stereocenters. The molecule has 0 saturated heterocycles. The highest BCUT2D eigenvalue weighted by Gasteiger charge is 2.09. The van der Waals surface area contributed by atoms with Gasteiger partial charge in [0.25, 0.3) is 5.91 Å². The standard InChI is InChI=1S/C17H13Cl2N3O2/c18-12-3-4-14(19)15(9-12)22-16-8-11(5-6-20-16)17(23)21-10-13-2-1-7-24-13/h1-9H,10H2,(H,20,22)(H,21,23). The minimum absolute atomic E-state index is 0.228. The van der Waals surface area contributed by atoms with Crippen LogP contribution in [0.15, 0.2) is 59.3 Å². The van der Waals surface area contributed by atoms with Gasteiger partial charge in [-0.3, -0.25) is 4.79 Å². The summed E-state index contributed by atoms with van der Waals surface area (Å²) in [6.07, 6.45) is 3.10. The summed E-state index contributed by atoms with van der Waals surface area (Å²) in [5, 5.41) is 6.89. The van der Waals surface area contributed by atoms with Crippen LogP contribution in [-0.2, 0) is 6.54 Å². The molecule has 2 heterocycles. The SMILES string of the molecule is O=C(NCc1ccco1)c1ccnc(Nc2cc(Cl)ccc2Cl)c1. The van der Waals surface area contributed by atoms with Crippen molar-refractivity contribution in [2.24, 2.45) is 0 Å². The van der Waals surface area contributed by atoms with E-state index in [0.29, 0.717) is 39.4 Å². The molecule has 2 N–H and O–H groups in total. The van der Waals surface area contributed by atoms with Crippen molar-refractivity contribution in [1.82, 2.24) is 10.3 Å². The minimum Gasteiger partial charge on any atom is -0.467 e. The van der Waals surface area contributed by atoms with E-state index in [4.69, 9.17) is 27.6 Å². The monoisotopic (exact) mass is 361 g/mol. The average molecular weight is 362 g/mol. The average Bonchev–Trinajstić information content (AvgIpc) is 3.10. The van der Waals surface area contributed by atoms with Crippen molar-refractivity contribution >= 4 is 40.6 Å². The maximum absolute atomic E-state index is 12.2.